The topological polar surface area (TPSA) is 79.5 Å². The van der Waals surface area contributed by atoms with Crippen LogP contribution in [0, 0.1) is 18.8 Å². The summed E-state index contributed by atoms with van der Waals surface area (Å²) in [6.45, 7) is 6.19. The highest BCUT2D eigenvalue weighted by molar-refractivity contribution is 5.91. The van der Waals surface area contributed by atoms with Crippen molar-refractivity contribution in [1.82, 2.24) is 5.32 Å². The maximum atomic E-state index is 11.8. The van der Waals surface area contributed by atoms with E-state index in [9.17, 15) is 9.59 Å². The number of carbonyl (C=O) groups is 2. The molecule has 1 rings (SSSR count). The van der Waals surface area contributed by atoms with Crippen LogP contribution in [0.1, 0.15) is 43.0 Å². The van der Waals surface area contributed by atoms with Crippen molar-refractivity contribution >= 4 is 11.9 Å². The average molecular weight is 267 g/mol. The summed E-state index contributed by atoms with van der Waals surface area (Å²) in [5.74, 6) is 0.135. The zero-order valence-corrected chi connectivity index (χ0v) is 11.6. The van der Waals surface area contributed by atoms with Gasteiger partial charge in [0.15, 0.2) is 5.76 Å². The molecule has 1 amide bonds. The Balaban J connectivity index is 2.50. The summed E-state index contributed by atoms with van der Waals surface area (Å²) in [7, 11) is 0. The first kappa shape index (κ1) is 15.3. The molecule has 1 aromatic heterocycles. The summed E-state index contributed by atoms with van der Waals surface area (Å²) < 4.78 is 5.21. The molecule has 0 aliphatic heterocycles. The highest BCUT2D eigenvalue weighted by Crippen LogP contribution is 2.15. The van der Waals surface area contributed by atoms with Crippen LogP contribution in [0.2, 0.25) is 0 Å². The Kier molecular flexibility index (Phi) is 5.60. The molecule has 0 unspecified atom stereocenters. The molecular weight excluding hydrogens is 246 g/mol. The van der Waals surface area contributed by atoms with E-state index < -0.39 is 5.97 Å². The van der Waals surface area contributed by atoms with Crippen molar-refractivity contribution in [2.45, 2.75) is 33.6 Å². The van der Waals surface area contributed by atoms with E-state index in [-0.39, 0.29) is 24.0 Å². The van der Waals surface area contributed by atoms with Crippen molar-refractivity contribution in [3.63, 3.8) is 0 Å². The third kappa shape index (κ3) is 5.59. The van der Waals surface area contributed by atoms with Crippen LogP contribution in [0.25, 0.3) is 0 Å². The maximum Gasteiger partial charge on any atom is 0.303 e. The van der Waals surface area contributed by atoms with Crippen LogP contribution in [0.4, 0.5) is 0 Å². The Labute approximate surface area is 113 Å². The van der Waals surface area contributed by atoms with Crippen molar-refractivity contribution in [2.24, 2.45) is 11.8 Å². The fraction of sp³-hybridized carbons (Fsp3) is 0.571. The number of aryl methyl sites for hydroxylation is 1. The molecule has 1 aromatic rings. The van der Waals surface area contributed by atoms with Gasteiger partial charge in [-0.25, -0.2) is 0 Å². The lowest BCUT2D eigenvalue weighted by atomic mass is 9.94. The summed E-state index contributed by atoms with van der Waals surface area (Å²) in [4.78, 5) is 22.6. The highest BCUT2D eigenvalue weighted by Gasteiger charge is 2.17. The Morgan fingerprint density at radius 3 is 2.53 bits per heavy atom. The molecular formula is C14H21NO4. The number of hydrogen-bond acceptors (Lipinski definition) is 3. The summed E-state index contributed by atoms with van der Waals surface area (Å²) in [6, 6.07) is 3.33. The van der Waals surface area contributed by atoms with Crippen LogP contribution >= 0.6 is 0 Å². The molecule has 0 radical (unpaired) electrons. The second kappa shape index (κ2) is 6.97. The van der Waals surface area contributed by atoms with Crippen LogP contribution in [0.15, 0.2) is 16.5 Å². The number of aliphatic carboxylic acids is 1. The minimum absolute atomic E-state index is 0.0579. The van der Waals surface area contributed by atoms with E-state index in [1.807, 2.05) is 13.8 Å². The zero-order chi connectivity index (χ0) is 14.4. The van der Waals surface area contributed by atoms with Gasteiger partial charge in [-0.2, -0.15) is 0 Å². The van der Waals surface area contributed by atoms with Crippen molar-refractivity contribution in [1.29, 1.82) is 0 Å². The third-order valence-corrected chi connectivity index (χ3v) is 2.78. The van der Waals surface area contributed by atoms with Gasteiger partial charge >= 0.3 is 5.97 Å². The van der Waals surface area contributed by atoms with Gasteiger partial charge in [0.2, 0.25) is 0 Å². The molecule has 0 aliphatic carbocycles. The molecule has 0 bridgehead atoms. The summed E-state index contributed by atoms with van der Waals surface area (Å²) in [5.41, 5.74) is 0. The maximum absolute atomic E-state index is 11.8. The summed E-state index contributed by atoms with van der Waals surface area (Å²) in [6.07, 6.45) is 0.833. The Hall–Kier alpha value is -1.78. The van der Waals surface area contributed by atoms with E-state index in [0.29, 0.717) is 18.2 Å². The summed E-state index contributed by atoms with van der Waals surface area (Å²) >= 11 is 0. The van der Waals surface area contributed by atoms with Gasteiger partial charge in [0.25, 0.3) is 5.91 Å². The van der Waals surface area contributed by atoms with Crippen LogP contribution in [-0.4, -0.2) is 23.5 Å². The second-order valence-corrected chi connectivity index (χ2v) is 5.21. The smallest absolute Gasteiger partial charge is 0.303 e. The predicted molar refractivity (Wildman–Crippen MR) is 71.0 cm³/mol. The van der Waals surface area contributed by atoms with Gasteiger partial charge in [-0.1, -0.05) is 13.8 Å². The molecule has 1 heterocycles. The lowest BCUT2D eigenvalue weighted by molar-refractivity contribution is -0.138. The molecule has 0 spiro atoms. The molecule has 0 fully saturated rings. The minimum atomic E-state index is -0.839. The predicted octanol–water partition coefficient (Wildman–Crippen LogP) is 2.45. The lowest BCUT2D eigenvalue weighted by Crippen LogP contribution is -2.30. The number of carboxylic acids is 1. The molecule has 106 valence electrons. The first-order chi connectivity index (χ1) is 8.88. The minimum Gasteiger partial charge on any atom is -0.481 e. The number of carbonyl (C=O) groups excluding carboxylic acids is 1. The van der Waals surface area contributed by atoms with Crippen LogP contribution in [0.3, 0.4) is 0 Å². The highest BCUT2D eigenvalue weighted by atomic mass is 16.4. The normalized spacial score (nSPS) is 12.4. The van der Waals surface area contributed by atoms with E-state index in [4.69, 9.17) is 9.52 Å². The van der Waals surface area contributed by atoms with Gasteiger partial charge in [0, 0.05) is 13.0 Å². The van der Waals surface area contributed by atoms with Crippen molar-refractivity contribution in [2.75, 3.05) is 6.54 Å². The largest absolute Gasteiger partial charge is 0.481 e. The lowest BCUT2D eigenvalue weighted by Gasteiger charge is -2.17. The van der Waals surface area contributed by atoms with Gasteiger partial charge in [0.1, 0.15) is 5.76 Å². The first-order valence-corrected chi connectivity index (χ1v) is 6.45. The zero-order valence-electron chi connectivity index (χ0n) is 11.6. The van der Waals surface area contributed by atoms with Crippen LogP contribution < -0.4 is 5.32 Å². The molecule has 19 heavy (non-hydrogen) atoms. The quantitative estimate of drug-likeness (QED) is 0.795. The van der Waals surface area contributed by atoms with Crippen molar-refractivity contribution in [3.8, 4) is 0 Å². The number of amides is 1. The molecule has 0 saturated carbocycles. The molecule has 2 N–H and O–H groups in total. The Morgan fingerprint density at radius 2 is 2.05 bits per heavy atom. The number of rotatable bonds is 7. The van der Waals surface area contributed by atoms with Gasteiger partial charge < -0.3 is 14.8 Å². The summed E-state index contributed by atoms with van der Waals surface area (Å²) in [5, 5.41) is 11.6. The Bertz CT molecular complexity index is 436. The number of furan rings is 1. The molecule has 1 atom stereocenters. The fourth-order valence-electron chi connectivity index (χ4n) is 2.03. The van der Waals surface area contributed by atoms with E-state index in [0.717, 1.165) is 6.42 Å². The van der Waals surface area contributed by atoms with Crippen molar-refractivity contribution < 1.29 is 19.1 Å². The van der Waals surface area contributed by atoms with E-state index in [1.165, 1.54) is 0 Å². The van der Waals surface area contributed by atoms with Gasteiger partial charge in [-0.15, -0.1) is 0 Å². The number of carboxylic acid groups (broad SMARTS) is 1. The standard InChI is InChI=1S/C14H21NO4/c1-9(2)6-11(7-13(16)17)8-15-14(18)12-5-4-10(3)19-12/h4-5,9,11H,6-8H2,1-3H3,(H,15,18)(H,16,17)/t11-/m0/s1. The molecule has 5 nitrogen and oxygen atoms in total. The molecule has 0 aliphatic rings. The SMILES string of the molecule is Cc1ccc(C(=O)NC[C@H](CC(=O)O)CC(C)C)o1. The van der Waals surface area contributed by atoms with Gasteiger partial charge in [0.05, 0.1) is 0 Å². The van der Waals surface area contributed by atoms with Gasteiger partial charge in [-0.05, 0) is 37.3 Å². The number of hydrogen-bond donors (Lipinski definition) is 2. The third-order valence-electron chi connectivity index (χ3n) is 2.78. The van der Waals surface area contributed by atoms with E-state index >= 15 is 0 Å². The monoisotopic (exact) mass is 267 g/mol. The van der Waals surface area contributed by atoms with Gasteiger partial charge in [-0.3, -0.25) is 9.59 Å². The van der Waals surface area contributed by atoms with Crippen LogP contribution in [0.5, 0.6) is 0 Å². The van der Waals surface area contributed by atoms with Crippen LogP contribution in [-0.2, 0) is 4.79 Å². The average Bonchev–Trinajstić information content (AvgIpc) is 2.71. The second-order valence-electron chi connectivity index (χ2n) is 5.21. The van der Waals surface area contributed by atoms with E-state index in [1.54, 1.807) is 19.1 Å². The molecule has 0 aromatic carbocycles. The van der Waals surface area contributed by atoms with E-state index in [2.05, 4.69) is 5.32 Å². The molecule has 5 heteroatoms. The fourth-order valence-corrected chi connectivity index (χ4v) is 2.03. The first-order valence-electron chi connectivity index (χ1n) is 6.45. The molecule has 0 saturated heterocycles. The number of nitrogens with one attached hydrogen (secondary N) is 1. The van der Waals surface area contributed by atoms with Crippen molar-refractivity contribution in [3.05, 3.63) is 23.7 Å². The Morgan fingerprint density at radius 1 is 1.37 bits per heavy atom.